The molecule has 0 saturated heterocycles. The highest BCUT2D eigenvalue weighted by Gasteiger charge is 2.11. The molecule has 0 bridgehead atoms. The van der Waals surface area contributed by atoms with E-state index in [0.717, 1.165) is 0 Å². The Morgan fingerprint density at radius 2 is 1.95 bits per heavy atom. The van der Waals surface area contributed by atoms with Crippen LogP contribution in [0.4, 0.5) is 11.4 Å². The van der Waals surface area contributed by atoms with Gasteiger partial charge in [-0.15, -0.1) is 0 Å². The van der Waals surface area contributed by atoms with E-state index in [-0.39, 0.29) is 16.9 Å². The first-order chi connectivity index (χ1) is 9.47. The molecule has 2 rings (SSSR count). The van der Waals surface area contributed by atoms with Crippen LogP contribution in [0.3, 0.4) is 0 Å². The van der Waals surface area contributed by atoms with Crippen molar-refractivity contribution in [1.82, 2.24) is 4.98 Å². The number of rotatable bonds is 3. The van der Waals surface area contributed by atoms with Crippen molar-refractivity contribution >= 4 is 33.2 Å². The monoisotopic (exact) mass is 337 g/mol. The maximum absolute atomic E-state index is 11.9. The number of carbonyl (C=O) groups is 1. The lowest BCUT2D eigenvalue weighted by molar-refractivity contribution is -0.384. The van der Waals surface area contributed by atoms with Gasteiger partial charge in [-0.05, 0) is 34.1 Å². The first-order valence-corrected chi connectivity index (χ1v) is 6.21. The number of non-ortho nitro benzene ring substituents is 1. The van der Waals surface area contributed by atoms with Crippen molar-refractivity contribution < 1.29 is 9.72 Å². The van der Waals surface area contributed by atoms with E-state index in [2.05, 4.69) is 26.2 Å². The lowest BCUT2D eigenvalue weighted by Crippen LogP contribution is -2.19. The van der Waals surface area contributed by atoms with Crippen molar-refractivity contribution in [1.29, 1.82) is 0 Å². The number of halogens is 1. The van der Waals surface area contributed by atoms with E-state index < -0.39 is 16.4 Å². The number of nitro groups is 1. The van der Waals surface area contributed by atoms with Crippen molar-refractivity contribution in [3.63, 3.8) is 0 Å². The van der Waals surface area contributed by atoms with Gasteiger partial charge in [0.15, 0.2) is 0 Å². The minimum atomic E-state index is -0.555. The average molecular weight is 338 g/mol. The number of aromatic amines is 1. The molecule has 0 radical (unpaired) electrons. The Morgan fingerprint density at radius 3 is 2.55 bits per heavy atom. The zero-order valence-corrected chi connectivity index (χ0v) is 11.5. The molecule has 1 amide bonds. The summed E-state index contributed by atoms with van der Waals surface area (Å²) in [6.45, 7) is 0. The molecule has 8 heteroatoms. The minimum absolute atomic E-state index is 0.0859. The number of hydrogen-bond donors (Lipinski definition) is 2. The zero-order valence-electron chi connectivity index (χ0n) is 9.92. The van der Waals surface area contributed by atoms with E-state index in [4.69, 9.17) is 0 Å². The van der Waals surface area contributed by atoms with Gasteiger partial charge in [0.05, 0.1) is 4.92 Å². The third-order valence-electron chi connectivity index (χ3n) is 2.46. The number of hydrogen-bond acceptors (Lipinski definition) is 4. The van der Waals surface area contributed by atoms with Crippen molar-refractivity contribution in [2.75, 3.05) is 5.32 Å². The third kappa shape index (κ3) is 3.09. The number of amides is 1. The van der Waals surface area contributed by atoms with Gasteiger partial charge < -0.3 is 10.3 Å². The van der Waals surface area contributed by atoms with Gasteiger partial charge in [-0.2, -0.15) is 0 Å². The molecule has 0 saturated carbocycles. The Hall–Kier alpha value is -2.48. The number of anilines is 1. The van der Waals surface area contributed by atoms with Gasteiger partial charge in [-0.25, -0.2) is 0 Å². The fraction of sp³-hybridized carbons (Fsp3) is 0. The summed E-state index contributed by atoms with van der Waals surface area (Å²) in [5, 5.41) is 12.9. The van der Waals surface area contributed by atoms with Crippen LogP contribution in [0.5, 0.6) is 0 Å². The second kappa shape index (κ2) is 5.66. The van der Waals surface area contributed by atoms with E-state index in [1.165, 1.54) is 36.5 Å². The molecule has 0 atom stereocenters. The Bertz CT molecular complexity index is 724. The topological polar surface area (TPSA) is 105 Å². The number of carbonyl (C=O) groups excluding carboxylic acids is 1. The lowest BCUT2D eigenvalue weighted by atomic mass is 10.2. The van der Waals surface area contributed by atoms with Gasteiger partial charge in [0.1, 0.15) is 5.69 Å². The highest BCUT2D eigenvalue weighted by atomic mass is 79.9. The summed E-state index contributed by atoms with van der Waals surface area (Å²) < 4.78 is 0.607. The highest BCUT2D eigenvalue weighted by Crippen LogP contribution is 2.14. The summed E-state index contributed by atoms with van der Waals surface area (Å²) in [7, 11) is 0. The van der Waals surface area contributed by atoms with Gasteiger partial charge in [0.2, 0.25) is 0 Å². The number of aromatic nitrogens is 1. The molecule has 0 aliphatic heterocycles. The second-order valence-corrected chi connectivity index (χ2v) is 4.73. The largest absolute Gasteiger partial charge is 0.326 e. The van der Waals surface area contributed by atoms with Crippen LogP contribution < -0.4 is 10.9 Å². The fourth-order valence-corrected chi connectivity index (χ4v) is 1.82. The Morgan fingerprint density at radius 1 is 1.30 bits per heavy atom. The van der Waals surface area contributed by atoms with Crippen LogP contribution in [0.1, 0.15) is 10.4 Å². The number of pyridine rings is 1. The molecule has 0 aliphatic carbocycles. The summed E-state index contributed by atoms with van der Waals surface area (Å²) in [5.74, 6) is -0.525. The molecular formula is C12H8BrN3O4. The number of H-pyrrole nitrogens is 1. The molecular weight excluding hydrogens is 330 g/mol. The summed E-state index contributed by atoms with van der Waals surface area (Å²) in [4.78, 5) is 35.8. The Labute approximate surface area is 120 Å². The fourth-order valence-electron chi connectivity index (χ4n) is 1.48. The molecule has 0 fully saturated rings. The predicted molar refractivity (Wildman–Crippen MR) is 75.8 cm³/mol. The van der Waals surface area contributed by atoms with Crippen molar-refractivity contribution in [2.45, 2.75) is 0 Å². The molecule has 102 valence electrons. The lowest BCUT2D eigenvalue weighted by Gasteiger charge is -2.04. The maximum atomic E-state index is 11.9. The highest BCUT2D eigenvalue weighted by molar-refractivity contribution is 9.10. The molecule has 2 aromatic rings. The average Bonchev–Trinajstić information content (AvgIpc) is 2.43. The quantitative estimate of drug-likeness (QED) is 0.662. The van der Waals surface area contributed by atoms with Crippen LogP contribution in [0.2, 0.25) is 0 Å². The molecule has 0 spiro atoms. The van der Waals surface area contributed by atoms with E-state index in [1.807, 2.05) is 0 Å². The van der Waals surface area contributed by atoms with Crippen molar-refractivity contribution in [3.8, 4) is 0 Å². The molecule has 2 N–H and O–H groups in total. The number of benzene rings is 1. The van der Waals surface area contributed by atoms with Gasteiger partial charge in [0.25, 0.3) is 17.2 Å². The molecule has 1 aromatic heterocycles. The summed E-state index contributed by atoms with van der Waals surface area (Å²) in [6.07, 6.45) is 1.45. The smallest absolute Gasteiger partial charge is 0.271 e. The molecule has 20 heavy (non-hydrogen) atoms. The first-order valence-electron chi connectivity index (χ1n) is 5.41. The van der Waals surface area contributed by atoms with Crippen LogP contribution in [0.15, 0.2) is 45.8 Å². The van der Waals surface area contributed by atoms with Crippen LogP contribution in [0.25, 0.3) is 0 Å². The Kier molecular flexibility index (Phi) is 3.94. The van der Waals surface area contributed by atoms with Gasteiger partial charge >= 0.3 is 0 Å². The van der Waals surface area contributed by atoms with E-state index in [0.29, 0.717) is 4.47 Å². The third-order valence-corrected chi connectivity index (χ3v) is 2.91. The van der Waals surface area contributed by atoms with Crippen LogP contribution in [-0.4, -0.2) is 15.8 Å². The first kappa shape index (κ1) is 13.9. The summed E-state index contributed by atoms with van der Waals surface area (Å²) in [5.41, 5.74) is -0.247. The van der Waals surface area contributed by atoms with Gasteiger partial charge in [-0.1, -0.05) is 0 Å². The minimum Gasteiger partial charge on any atom is -0.326 e. The zero-order chi connectivity index (χ0) is 14.7. The maximum Gasteiger partial charge on any atom is 0.271 e. The molecule has 0 aliphatic rings. The van der Waals surface area contributed by atoms with E-state index in [9.17, 15) is 19.7 Å². The predicted octanol–water partition coefficient (Wildman–Crippen LogP) is 2.30. The number of nitro benzene ring substituents is 1. The standard InChI is InChI=1S/C12H8BrN3O4/c13-8-5-10(12(18)14-6-8)15-11(17)7-1-3-9(4-2-7)16(19)20/h1-6H,(H,14,18)(H,15,17). The van der Waals surface area contributed by atoms with E-state index in [1.54, 1.807) is 0 Å². The number of nitrogens with one attached hydrogen (secondary N) is 2. The van der Waals surface area contributed by atoms with Crippen LogP contribution in [-0.2, 0) is 0 Å². The summed E-state index contributed by atoms with van der Waals surface area (Å²) >= 11 is 3.17. The Balaban J connectivity index is 2.21. The molecule has 1 aromatic carbocycles. The van der Waals surface area contributed by atoms with Gasteiger partial charge in [0, 0.05) is 28.4 Å². The van der Waals surface area contributed by atoms with Crippen LogP contribution in [0, 0.1) is 10.1 Å². The second-order valence-electron chi connectivity index (χ2n) is 3.82. The number of nitrogens with zero attached hydrogens (tertiary/aromatic N) is 1. The van der Waals surface area contributed by atoms with Crippen LogP contribution >= 0.6 is 15.9 Å². The summed E-state index contributed by atoms with van der Waals surface area (Å²) in [6, 6.07) is 6.54. The molecule has 7 nitrogen and oxygen atoms in total. The van der Waals surface area contributed by atoms with Crippen molar-refractivity contribution in [3.05, 3.63) is 67.0 Å². The SMILES string of the molecule is O=C(Nc1cc(Br)c[nH]c1=O)c1ccc([N+](=O)[O-])cc1. The van der Waals surface area contributed by atoms with Gasteiger partial charge in [-0.3, -0.25) is 19.7 Å². The molecule has 0 unspecified atom stereocenters. The molecule has 1 heterocycles. The van der Waals surface area contributed by atoms with E-state index >= 15 is 0 Å². The normalized spacial score (nSPS) is 10.1. The van der Waals surface area contributed by atoms with Crippen molar-refractivity contribution in [2.24, 2.45) is 0 Å².